The average molecular weight is 321 g/mol. The number of thioether (sulfide) groups is 1. The van der Waals surface area contributed by atoms with Gasteiger partial charge in [0.05, 0.1) is 0 Å². The molecule has 0 saturated carbocycles. The quantitative estimate of drug-likeness (QED) is 0.798. The van der Waals surface area contributed by atoms with E-state index in [4.69, 9.17) is 11.6 Å². The zero-order valence-electron chi connectivity index (χ0n) is 11.0. The molecule has 0 bridgehead atoms. The molecule has 1 aliphatic rings. The molecule has 0 N–H and O–H groups in total. The van der Waals surface area contributed by atoms with Crippen molar-refractivity contribution in [3.05, 3.63) is 23.4 Å². The number of pyridine rings is 1. The van der Waals surface area contributed by atoms with E-state index in [1.807, 2.05) is 24.0 Å². The molecule has 1 aromatic heterocycles. The van der Waals surface area contributed by atoms with Crippen LogP contribution in [0.25, 0.3) is 0 Å². The molecule has 2 rings (SSSR count). The second-order valence-electron chi connectivity index (χ2n) is 4.60. The fraction of sp³-hybridized carbons (Fsp3) is 0.583. The number of hydrogen-bond acceptors (Lipinski definition) is 5. The number of alkyl halides is 1. The molecule has 1 saturated heterocycles. The SMILES string of the molecule is Cc1nc(N2CCSCC2S(C)(=O)=O)ccc1CCl. The third kappa shape index (κ3) is 3.35. The van der Waals surface area contributed by atoms with Crippen molar-refractivity contribution < 1.29 is 8.42 Å². The number of aryl methyl sites for hydroxylation is 1. The van der Waals surface area contributed by atoms with Crippen molar-refractivity contribution in [1.82, 2.24) is 4.98 Å². The average Bonchev–Trinajstić information content (AvgIpc) is 2.37. The van der Waals surface area contributed by atoms with Crippen molar-refractivity contribution >= 4 is 39.0 Å². The highest BCUT2D eigenvalue weighted by atomic mass is 35.5. The predicted octanol–water partition coefficient (Wildman–Crippen LogP) is 2.05. The Morgan fingerprint density at radius 3 is 2.84 bits per heavy atom. The van der Waals surface area contributed by atoms with Crippen molar-refractivity contribution in [2.75, 3.05) is 29.2 Å². The molecule has 0 spiro atoms. The maximum Gasteiger partial charge on any atom is 0.169 e. The van der Waals surface area contributed by atoms with Gasteiger partial charge in [0.1, 0.15) is 11.2 Å². The van der Waals surface area contributed by atoms with Crippen LogP contribution in [-0.2, 0) is 15.7 Å². The Hall–Kier alpha value is -0.460. The van der Waals surface area contributed by atoms with Gasteiger partial charge in [-0.05, 0) is 18.6 Å². The minimum atomic E-state index is -3.11. The van der Waals surface area contributed by atoms with Crippen LogP contribution >= 0.6 is 23.4 Å². The van der Waals surface area contributed by atoms with Crippen LogP contribution < -0.4 is 4.90 Å². The van der Waals surface area contributed by atoms with E-state index in [2.05, 4.69) is 4.98 Å². The number of rotatable bonds is 3. The van der Waals surface area contributed by atoms with Gasteiger partial charge in [-0.2, -0.15) is 11.8 Å². The summed E-state index contributed by atoms with van der Waals surface area (Å²) in [6, 6.07) is 3.78. The van der Waals surface area contributed by atoms with Gasteiger partial charge in [-0.1, -0.05) is 6.07 Å². The highest BCUT2D eigenvalue weighted by Crippen LogP contribution is 2.26. The monoisotopic (exact) mass is 320 g/mol. The fourth-order valence-corrected chi connectivity index (χ4v) is 5.19. The first-order chi connectivity index (χ1) is 8.93. The van der Waals surface area contributed by atoms with Gasteiger partial charge in [-0.15, -0.1) is 11.6 Å². The number of anilines is 1. The Labute approximate surface area is 123 Å². The van der Waals surface area contributed by atoms with Gasteiger partial charge < -0.3 is 4.90 Å². The molecule has 1 aromatic rings. The fourth-order valence-electron chi connectivity index (χ4n) is 2.08. The Bertz CT molecular complexity index is 563. The molecule has 1 atom stereocenters. The van der Waals surface area contributed by atoms with Crippen molar-refractivity contribution in [1.29, 1.82) is 0 Å². The van der Waals surface area contributed by atoms with Crippen molar-refractivity contribution in [3.63, 3.8) is 0 Å². The van der Waals surface area contributed by atoms with Gasteiger partial charge in [0.15, 0.2) is 9.84 Å². The maximum atomic E-state index is 11.9. The summed E-state index contributed by atoms with van der Waals surface area (Å²) in [5.74, 6) is 2.66. The Kier molecular flexibility index (Phi) is 4.63. The Morgan fingerprint density at radius 1 is 1.53 bits per heavy atom. The van der Waals surface area contributed by atoms with E-state index in [1.165, 1.54) is 6.26 Å². The second-order valence-corrected chi connectivity index (χ2v) is 8.22. The minimum Gasteiger partial charge on any atom is -0.338 e. The van der Waals surface area contributed by atoms with E-state index in [0.29, 0.717) is 18.2 Å². The van der Waals surface area contributed by atoms with E-state index < -0.39 is 15.2 Å². The third-order valence-electron chi connectivity index (χ3n) is 3.20. The number of hydrogen-bond donors (Lipinski definition) is 0. The lowest BCUT2D eigenvalue weighted by atomic mass is 10.2. The molecule has 0 radical (unpaired) electrons. The second kappa shape index (κ2) is 5.89. The first-order valence-corrected chi connectivity index (χ1v) is 9.63. The van der Waals surface area contributed by atoms with Crippen LogP contribution in [0, 0.1) is 6.92 Å². The number of aromatic nitrogens is 1. The molecule has 1 fully saturated rings. The van der Waals surface area contributed by atoms with Crippen LogP contribution in [0.4, 0.5) is 5.82 Å². The summed E-state index contributed by atoms with van der Waals surface area (Å²) in [4.78, 5) is 6.38. The first kappa shape index (κ1) is 14.9. The number of nitrogens with zero attached hydrogens (tertiary/aromatic N) is 2. The molecule has 0 amide bonds. The Balaban J connectivity index is 2.35. The van der Waals surface area contributed by atoms with Crippen LogP contribution in [0.3, 0.4) is 0 Å². The highest BCUT2D eigenvalue weighted by Gasteiger charge is 2.31. The smallest absolute Gasteiger partial charge is 0.169 e. The van der Waals surface area contributed by atoms with Crippen LogP contribution in [0.2, 0.25) is 0 Å². The molecule has 0 aromatic carbocycles. The lowest BCUT2D eigenvalue weighted by molar-refractivity contribution is 0.583. The standard InChI is InChI=1S/C12H17ClN2O2S2/c1-9-10(7-13)3-4-11(14-9)15-5-6-18-8-12(15)19(2,16)17/h3-4,12H,5-8H2,1-2H3. The van der Waals surface area contributed by atoms with E-state index in [0.717, 1.165) is 22.8 Å². The highest BCUT2D eigenvalue weighted by molar-refractivity contribution is 8.01. The Morgan fingerprint density at radius 2 is 2.26 bits per heavy atom. The first-order valence-electron chi connectivity index (χ1n) is 5.99. The largest absolute Gasteiger partial charge is 0.338 e. The summed E-state index contributed by atoms with van der Waals surface area (Å²) in [6.45, 7) is 2.60. The predicted molar refractivity (Wildman–Crippen MR) is 81.8 cm³/mol. The normalized spacial score (nSPS) is 20.6. The van der Waals surface area contributed by atoms with Gasteiger partial charge in [0.25, 0.3) is 0 Å². The zero-order valence-corrected chi connectivity index (χ0v) is 13.4. The van der Waals surface area contributed by atoms with Gasteiger partial charge >= 0.3 is 0 Å². The van der Waals surface area contributed by atoms with E-state index >= 15 is 0 Å². The van der Waals surface area contributed by atoms with Gasteiger partial charge in [0, 0.05) is 35.9 Å². The minimum absolute atomic E-state index is 0.421. The molecule has 106 valence electrons. The van der Waals surface area contributed by atoms with Gasteiger partial charge in [-0.3, -0.25) is 0 Å². The summed E-state index contributed by atoms with van der Waals surface area (Å²) in [5, 5.41) is -0.486. The van der Waals surface area contributed by atoms with Gasteiger partial charge in [0.2, 0.25) is 0 Å². The number of sulfone groups is 1. The van der Waals surface area contributed by atoms with Crippen molar-refractivity contribution in [2.24, 2.45) is 0 Å². The van der Waals surface area contributed by atoms with E-state index in [-0.39, 0.29) is 0 Å². The summed E-state index contributed by atoms with van der Waals surface area (Å²) < 4.78 is 23.7. The molecule has 0 aliphatic carbocycles. The lowest BCUT2D eigenvalue weighted by Gasteiger charge is -2.35. The van der Waals surface area contributed by atoms with Crippen molar-refractivity contribution in [3.8, 4) is 0 Å². The third-order valence-corrected chi connectivity index (χ3v) is 6.13. The molecule has 1 aliphatic heterocycles. The molecule has 4 nitrogen and oxygen atoms in total. The zero-order chi connectivity index (χ0) is 14.0. The molecule has 7 heteroatoms. The molecular weight excluding hydrogens is 304 g/mol. The van der Waals surface area contributed by atoms with Gasteiger partial charge in [-0.25, -0.2) is 13.4 Å². The summed E-state index contributed by atoms with van der Waals surface area (Å²) in [5.41, 5.74) is 1.84. The topological polar surface area (TPSA) is 50.3 Å². The van der Waals surface area contributed by atoms with Crippen LogP contribution in [0.1, 0.15) is 11.3 Å². The lowest BCUT2D eigenvalue weighted by Crippen LogP contribution is -2.47. The van der Waals surface area contributed by atoms with Crippen LogP contribution in [0.5, 0.6) is 0 Å². The van der Waals surface area contributed by atoms with Crippen LogP contribution in [-0.4, -0.2) is 43.1 Å². The summed E-state index contributed by atoms with van der Waals surface area (Å²) in [6.07, 6.45) is 1.29. The van der Waals surface area contributed by atoms with Crippen LogP contribution in [0.15, 0.2) is 12.1 Å². The molecule has 19 heavy (non-hydrogen) atoms. The maximum absolute atomic E-state index is 11.9. The van der Waals surface area contributed by atoms with Crippen molar-refractivity contribution in [2.45, 2.75) is 18.2 Å². The molecule has 1 unspecified atom stereocenters. The number of halogens is 1. The summed E-state index contributed by atoms with van der Waals surface area (Å²) in [7, 11) is -3.11. The molecular formula is C12H17ClN2O2S2. The molecule has 2 heterocycles. The van der Waals surface area contributed by atoms with E-state index in [1.54, 1.807) is 11.8 Å². The van der Waals surface area contributed by atoms with E-state index in [9.17, 15) is 8.42 Å². The summed E-state index contributed by atoms with van der Waals surface area (Å²) >= 11 is 7.49.